The molecule has 3 aliphatic rings. The number of hydrogen-bond acceptors (Lipinski definition) is 4. The Morgan fingerprint density at radius 1 is 1.09 bits per heavy atom. The van der Waals surface area contributed by atoms with Crippen molar-refractivity contribution in [3.63, 3.8) is 0 Å². The highest BCUT2D eigenvalue weighted by atomic mass is 16.3. The van der Waals surface area contributed by atoms with Gasteiger partial charge in [-0.2, -0.15) is 0 Å². The van der Waals surface area contributed by atoms with Crippen molar-refractivity contribution in [3.8, 4) is 0 Å². The minimum absolute atomic E-state index is 0.00704. The summed E-state index contributed by atoms with van der Waals surface area (Å²) < 4.78 is 1.62. The van der Waals surface area contributed by atoms with Crippen LogP contribution in [0.3, 0.4) is 0 Å². The Balaban J connectivity index is 1.58. The SMILES string of the molecule is CC(=O)N1CCc2c(cn(Cc3ccccc3)c(=O)c2C(=O)N2[C@@H]3CC[C@H]2CC(O)C3)C1. The summed E-state index contributed by atoms with van der Waals surface area (Å²) in [6.45, 7) is 2.84. The number of aromatic nitrogens is 1. The molecule has 1 N–H and O–H groups in total. The monoisotopic (exact) mass is 435 g/mol. The smallest absolute Gasteiger partial charge is 0.264 e. The molecule has 2 saturated heterocycles. The molecule has 2 aromatic rings. The summed E-state index contributed by atoms with van der Waals surface area (Å²) in [6, 6.07) is 9.69. The molecule has 3 aliphatic heterocycles. The van der Waals surface area contributed by atoms with Crippen LogP contribution in [0.1, 0.15) is 59.7 Å². The van der Waals surface area contributed by atoms with Crippen molar-refractivity contribution in [2.24, 2.45) is 0 Å². The van der Waals surface area contributed by atoms with Crippen LogP contribution in [0.4, 0.5) is 0 Å². The van der Waals surface area contributed by atoms with Crippen molar-refractivity contribution in [3.05, 3.63) is 69.1 Å². The molecule has 0 radical (unpaired) electrons. The third-order valence-electron chi connectivity index (χ3n) is 7.27. The normalized spacial score (nSPS) is 24.4. The van der Waals surface area contributed by atoms with Gasteiger partial charge in [-0.3, -0.25) is 14.4 Å². The Kier molecular flexibility index (Phi) is 5.37. The van der Waals surface area contributed by atoms with Crippen LogP contribution in [-0.4, -0.2) is 56.0 Å². The van der Waals surface area contributed by atoms with Crippen LogP contribution in [0.2, 0.25) is 0 Å². The number of piperidine rings is 1. The average molecular weight is 436 g/mol. The molecular formula is C25H29N3O4. The molecule has 4 heterocycles. The fourth-order valence-corrected chi connectivity index (χ4v) is 5.71. The maximum atomic E-state index is 13.8. The van der Waals surface area contributed by atoms with E-state index in [0.29, 0.717) is 38.9 Å². The lowest BCUT2D eigenvalue weighted by atomic mass is 9.93. The van der Waals surface area contributed by atoms with E-state index in [0.717, 1.165) is 29.5 Å². The predicted octanol–water partition coefficient (Wildman–Crippen LogP) is 1.93. The number of carbonyl (C=O) groups excluding carboxylic acids is 2. The van der Waals surface area contributed by atoms with E-state index >= 15 is 0 Å². The van der Waals surface area contributed by atoms with Crippen LogP contribution >= 0.6 is 0 Å². The molecule has 1 unspecified atom stereocenters. The van der Waals surface area contributed by atoms with E-state index in [2.05, 4.69) is 0 Å². The minimum Gasteiger partial charge on any atom is -0.393 e. The zero-order chi connectivity index (χ0) is 22.4. The number of rotatable bonds is 3. The first-order valence-electron chi connectivity index (χ1n) is 11.5. The number of fused-ring (bicyclic) bond motifs is 3. The van der Waals surface area contributed by atoms with Crippen LogP contribution < -0.4 is 5.56 Å². The standard InChI is InChI=1S/C25H29N3O4/c1-16(29)26-10-9-22-18(14-26)15-27(13-17-5-3-2-4-6-17)24(31)23(22)25(32)28-19-7-8-20(28)12-21(30)11-19/h2-6,15,19-21,30H,7-14H2,1H3/t19-,20+,21?. The van der Waals surface area contributed by atoms with Crippen molar-refractivity contribution in [1.82, 2.24) is 14.4 Å². The molecule has 0 saturated carbocycles. The zero-order valence-electron chi connectivity index (χ0n) is 18.4. The third kappa shape index (κ3) is 3.64. The number of pyridine rings is 1. The number of benzene rings is 1. The van der Waals surface area contributed by atoms with E-state index in [4.69, 9.17) is 0 Å². The van der Waals surface area contributed by atoms with Gasteiger partial charge in [-0.1, -0.05) is 30.3 Å². The summed E-state index contributed by atoms with van der Waals surface area (Å²) in [5.74, 6) is -0.211. The second-order valence-corrected chi connectivity index (χ2v) is 9.34. The summed E-state index contributed by atoms with van der Waals surface area (Å²) in [4.78, 5) is 43.1. The van der Waals surface area contributed by atoms with Crippen LogP contribution in [0.25, 0.3) is 0 Å². The number of hydrogen-bond donors (Lipinski definition) is 1. The molecule has 2 fully saturated rings. The molecule has 1 aromatic carbocycles. The first-order chi connectivity index (χ1) is 15.4. The minimum atomic E-state index is -0.375. The predicted molar refractivity (Wildman–Crippen MR) is 119 cm³/mol. The van der Waals surface area contributed by atoms with Crippen molar-refractivity contribution in [1.29, 1.82) is 0 Å². The van der Waals surface area contributed by atoms with E-state index in [9.17, 15) is 19.5 Å². The fraction of sp³-hybridized carbons (Fsp3) is 0.480. The second-order valence-electron chi connectivity index (χ2n) is 9.34. The van der Waals surface area contributed by atoms with Crippen LogP contribution in [0.15, 0.2) is 41.3 Å². The van der Waals surface area contributed by atoms with Crippen LogP contribution in [0.5, 0.6) is 0 Å². The summed E-state index contributed by atoms with van der Waals surface area (Å²) in [5.41, 5.74) is 2.63. The highest BCUT2D eigenvalue weighted by molar-refractivity contribution is 5.96. The summed E-state index contributed by atoms with van der Waals surface area (Å²) in [5, 5.41) is 10.2. The molecular weight excluding hydrogens is 406 g/mol. The van der Waals surface area contributed by atoms with Crippen LogP contribution in [-0.2, 0) is 24.3 Å². The second kappa shape index (κ2) is 8.20. The number of carbonyl (C=O) groups is 2. The number of nitrogens with zero attached hydrogens (tertiary/aromatic N) is 3. The molecule has 1 aromatic heterocycles. The fourth-order valence-electron chi connectivity index (χ4n) is 5.71. The lowest BCUT2D eigenvalue weighted by Gasteiger charge is -2.38. The molecule has 0 spiro atoms. The van der Waals surface area contributed by atoms with Gasteiger partial charge >= 0.3 is 0 Å². The van der Waals surface area contributed by atoms with Gasteiger partial charge in [-0.05, 0) is 48.8 Å². The van der Waals surface area contributed by atoms with Gasteiger partial charge in [-0.15, -0.1) is 0 Å². The molecule has 7 heteroatoms. The molecule has 168 valence electrons. The first kappa shape index (κ1) is 20.9. The van der Waals surface area contributed by atoms with E-state index in [1.807, 2.05) is 41.4 Å². The molecule has 2 amide bonds. The largest absolute Gasteiger partial charge is 0.393 e. The van der Waals surface area contributed by atoms with Gasteiger partial charge in [0.25, 0.3) is 11.5 Å². The molecule has 32 heavy (non-hydrogen) atoms. The van der Waals surface area contributed by atoms with Gasteiger partial charge in [0.05, 0.1) is 12.6 Å². The molecule has 2 bridgehead atoms. The van der Waals surface area contributed by atoms with Crippen molar-refractivity contribution in [2.75, 3.05) is 6.54 Å². The Morgan fingerprint density at radius 3 is 2.44 bits per heavy atom. The Labute approximate surface area is 187 Å². The maximum absolute atomic E-state index is 13.8. The van der Waals surface area contributed by atoms with Crippen molar-refractivity contribution >= 4 is 11.8 Å². The molecule has 7 nitrogen and oxygen atoms in total. The van der Waals surface area contributed by atoms with Gasteiger partial charge in [0.1, 0.15) is 5.56 Å². The topological polar surface area (TPSA) is 82.9 Å². The highest BCUT2D eigenvalue weighted by Gasteiger charge is 2.44. The van der Waals surface area contributed by atoms with Crippen molar-refractivity contribution in [2.45, 2.75) is 70.3 Å². The summed E-state index contributed by atoms with van der Waals surface area (Å²) >= 11 is 0. The van der Waals surface area contributed by atoms with E-state index in [-0.39, 0.29) is 41.1 Å². The Hall–Kier alpha value is -2.93. The van der Waals surface area contributed by atoms with Crippen molar-refractivity contribution < 1.29 is 14.7 Å². The number of amides is 2. The highest BCUT2D eigenvalue weighted by Crippen LogP contribution is 2.37. The molecule has 5 rings (SSSR count). The van der Waals surface area contributed by atoms with E-state index < -0.39 is 0 Å². The van der Waals surface area contributed by atoms with Gasteiger partial charge in [0.2, 0.25) is 5.91 Å². The van der Waals surface area contributed by atoms with Gasteiger partial charge in [0.15, 0.2) is 0 Å². The lowest BCUT2D eigenvalue weighted by Crippen LogP contribution is -2.50. The van der Waals surface area contributed by atoms with Gasteiger partial charge < -0.3 is 19.5 Å². The summed E-state index contributed by atoms with van der Waals surface area (Å²) in [7, 11) is 0. The third-order valence-corrected chi connectivity index (χ3v) is 7.27. The number of aliphatic hydroxyl groups is 1. The Morgan fingerprint density at radius 2 is 1.78 bits per heavy atom. The number of aliphatic hydroxyl groups excluding tert-OH is 1. The van der Waals surface area contributed by atoms with Gasteiger partial charge in [0, 0.05) is 38.3 Å². The quantitative estimate of drug-likeness (QED) is 0.799. The first-order valence-corrected chi connectivity index (χ1v) is 11.5. The van der Waals surface area contributed by atoms with Crippen LogP contribution in [0, 0.1) is 0 Å². The summed E-state index contributed by atoms with van der Waals surface area (Å²) in [6.07, 6.45) is 4.85. The average Bonchev–Trinajstić information content (AvgIpc) is 3.05. The zero-order valence-corrected chi connectivity index (χ0v) is 18.4. The Bertz CT molecular complexity index is 1100. The maximum Gasteiger partial charge on any atom is 0.264 e. The van der Waals surface area contributed by atoms with Gasteiger partial charge in [-0.25, -0.2) is 0 Å². The molecule has 3 atom stereocenters. The molecule has 0 aliphatic carbocycles. The lowest BCUT2D eigenvalue weighted by molar-refractivity contribution is -0.129. The van der Waals surface area contributed by atoms with E-state index in [1.165, 1.54) is 0 Å². The van der Waals surface area contributed by atoms with E-state index in [1.54, 1.807) is 16.4 Å².